The number of halogens is 1. The van der Waals surface area contributed by atoms with Crippen LogP contribution in [0.4, 0.5) is 0 Å². The minimum absolute atomic E-state index is 0.773. The summed E-state index contributed by atoms with van der Waals surface area (Å²) in [6.45, 7) is 6.88. The predicted molar refractivity (Wildman–Crippen MR) is 98.5 cm³/mol. The third-order valence-electron chi connectivity index (χ3n) is 4.70. The first kappa shape index (κ1) is 16.6. The zero-order valence-electron chi connectivity index (χ0n) is 13.9. The molecular formula is C20H26ClNO. The van der Waals surface area contributed by atoms with Crippen LogP contribution in [0.25, 0.3) is 10.8 Å². The van der Waals surface area contributed by atoms with E-state index < -0.39 is 0 Å². The molecule has 124 valence electrons. The van der Waals surface area contributed by atoms with Crippen molar-refractivity contribution in [2.45, 2.75) is 32.6 Å². The Morgan fingerprint density at radius 1 is 1.13 bits per heavy atom. The third-order valence-corrected chi connectivity index (χ3v) is 5.03. The van der Waals surface area contributed by atoms with Gasteiger partial charge in [0, 0.05) is 22.3 Å². The molecule has 1 saturated heterocycles. The fraction of sp³-hybridized carbons (Fsp3) is 0.500. The van der Waals surface area contributed by atoms with Gasteiger partial charge in [-0.05, 0) is 56.8 Å². The Kier molecular flexibility index (Phi) is 5.80. The van der Waals surface area contributed by atoms with Crippen LogP contribution in [0.15, 0.2) is 36.4 Å². The first-order valence-corrected chi connectivity index (χ1v) is 9.14. The van der Waals surface area contributed by atoms with Gasteiger partial charge in [-0.2, -0.15) is 0 Å². The second kappa shape index (κ2) is 8.03. The van der Waals surface area contributed by atoms with E-state index in [4.69, 9.17) is 16.3 Å². The standard InChI is InChI=1S/C20H26ClNO/c1-16-7-6-13-22(15-16)12-4-5-14-23-20-11-10-19(21)17-8-2-3-9-18(17)20/h2-3,8-11,16H,4-7,12-15H2,1H3/t16-/m1/s1. The van der Waals surface area contributed by atoms with Crippen molar-refractivity contribution in [3.8, 4) is 5.75 Å². The van der Waals surface area contributed by atoms with Gasteiger partial charge in [-0.1, -0.05) is 42.8 Å². The Bertz CT molecular complexity index is 643. The lowest BCUT2D eigenvalue weighted by molar-refractivity contribution is 0.177. The summed E-state index contributed by atoms with van der Waals surface area (Å²) in [5.41, 5.74) is 0. The molecule has 23 heavy (non-hydrogen) atoms. The van der Waals surface area contributed by atoms with Gasteiger partial charge in [0.25, 0.3) is 0 Å². The van der Waals surface area contributed by atoms with Crippen LogP contribution in [0, 0.1) is 5.92 Å². The molecule has 1 heterocycles. The van der Waals surface area contributed by atoms with Gasteiger partial charge in [0.05, 0.1) is 6.61 Å². The SMILES string of the molecule is C[C@@H]1CCCN(CCCCOc2ccc(Cl)c3ccccc23)C1. The first-order chi connectivity index (χ1) is 11.2. The maximum absolute atomic E-state index is 6.25. The Morgan fingerprint density at radius 3 is 2.78 bits per heavy atom. The molecule has 0 saturated carbocycles. The number of benzene rings is 2. The van der Waals surface area contributed by atoms with Crippen molar-refractivity contribution in [3.63, 3.8) is 0 Å². The molecule has 2 nitrogen and oxygen atoms in total. The third kappa shape index (κ3) is 4.39. The quantitative estimate of drug-likeness (QED) is 0.658. The zero-order valence-corrected chi connectivity index (χ0v) is 14.7. The van der Waals surface area contributed by atoms with Gasteiger partial charge < -0.3 is 9.64 Å². The van der Waals surface area contributed by atoms with Gasteiger partial charge in [-0.15, -0.1) is 0 Å². The highest BCUT2D eigenvalue weighted by atomic mass is 35.5. The number of hydrogen-bond acceptors (Lipinski definition) is 2. The van der Waals surface area contributed by atoms with Crippen LogP contribution >= 0.6 is 11.6 Å². The average molecular weight is 332 g/mol. The minimum atomic E-state index is 0.773. The molecule has 0 N–H and O–H groups in total. The molecule has 0 bridgehead atoms. The van der Waals surface area contributed by atoms with Gasteiger partial charge in [0.1, 0.15) is 5.75 Å². The number of ether oxygens (including phenoxy) is 1. The highest BCUT2D eigenvalue weighted by Gasteiger charge is 2.15. The van der Waals surface area contributed by atoms with Crippen LogP contribution in [0.2, 0.25) is 5.02 Å². The van der Waals surface area contributed by atoms with Crippen LogP contribution in [0.5, 0.6) is 5.75 Å². The number of likely N-dealkylation sites (tertiary alicyclic amines) is 1. The van der Waals surface area contributed by atoms with E-state index in [2.05, 4.69) is 17.9 Å². The molecule has 1 atom stereocenters. The van der Waals surface area contributed by atoms with Crippen molar-refractivity contribution in [2.75, 3.05) is 26.2 Å². The summed E-state index contributed by atoms with van der Waals surface area (Å²) in [5, 5.41) is 2.95. The number of rotatable bonds is 6. The number of fused-ring (bicyclic) bond motifs is 1. The lowest BCUT2D eigenvalue weighted by Gasteiger charge is -2.30. The molecule has 3 heteroatoms. The van der Waals surface area contributed by atoms with Crippen LogP contribution in [0.1, 0.15) is 32.6 Å². The van der Waals surface area contributed by atoms with Gasteiger partial charge >= 0.3 is 0 Å². The Hall–Kier alpha value is -1.25. The van der Waals surface area contributed by atoms with Gasteiger partial charge in [0.15, 0.2) is 0 Å². The van der Waals surface area contributed by atoms with Crippen molar-refractivity contribution < 1.29 is 4.74 Å². The van der Waals surface area contributed by atoms with Crippen LogP contribution < -0.4 is 4.74 Å². The molecule has 0 aliphatic carbocycles. The second-order valence-corrected chi connectivity index (χ2v) is 7.10. The highest BCUT2D eigenvalue weighted by Crippen LogP contribution is 2.31. The fourth-order valence-corrected chi connectivity index (χ4v) is 3.70. The number of piperidine rings is 1. The Balaban J connectivity index is 1.47. The van der Waals surface area contributed by atoms with Crippen molar-refractivity contribution >= 4 is 22.4 Å². The second-order valence-electron chi connectivity index (χ2n) is 6.69. The molecule has 1 aliphatic rings. The Morgan fingerprint density at radius 2 is 1.96 bits per heavy atom. The van der Waals surface area contributed by atoms with E-state index >= 15 is 0 Å². The van der Waals surface area contributed by atoms with E-state index in [9.17, 15) is 0 Å². The smallest absolute Gasteiger partial charge is 0.127 e. The van der Waals surface area contributed by atoms with E-state index in [-0.39, 0.29) is 0 Å². The molecule has 1 aliphatic heterocycles. The molecule has 0 aromatic heterocycles. The normalized spacial score (nSPS) is 19.1. The molecule has 0 amide bonds. The van der Waals surface area contributed by atoms with Gasteiger partial charge in [0.2, 0.25) is 0 Å². The van der Waals surface area contributed by atoms with E-state index in [1.165, 1.54) is 38.9 Å². The maximum Gasteiger partial charge on any atom is 0.127 e. The zero-order chi connectivity index (χ0) is 16.1. The molecule has 0 unspecified atom stereocenters. The van der Waals surface area contributed by atoms with Crippen molar-refractivity contribution in [2.24, 2.45) is 5.92 Å². The van der Waals surface area contributed by atoms with Crippen LogP contribution in [-0.2, 0) is 0 Å². The summed E-state index contributed by atoms with van der Waals surface area (Å²) in [6, 6.07) is 12.1. The van der Waals surface area contributed by atoms with Crippen LogP contribution in [-0.4, -0.2) is 31.1 Å². The monoisotopic (exact) mass is 331 g/mol. The summed E-state index contributed by atoms with van der Waals surface area (Å²) >= 11 is 6.25. The average Bonchev–Trinajstić information content (AvgIpc) is 2.57. The molecular weight excluding hydrogens is 306 g/mol. The number of hydrogen-bond donors (Lipinski definition) is 0. The van der Waals surface area contributed by atoms with E-state index in [1.54, 1.807) is 0 Å². The van der Waals surface area contributed by atoms with Crippen LogP contribution in [0.3, 0.4) is 0 Å². The predicted octanol–water partition coefficient (Wildman–Crippen LogP) is 5.38. The molecule has 3 rings (SSSR count). The van der Waals surface area contributed by atoms with Crippen molar-refractivity contribution in [1.82, 2.24) is 4.90 Å². The molecule has 0 radical (unpaired) electrons. The fourth-order valence-electron chi connectivity index (χ4n) is 3.47. The topological polar surface area (TPSA) is 12.5 Å². The van der Waals surface area contributed by atoms with E-state index in [0.717, 1.165) is 40.5 Å². The minimum Gasteiger partial charge on any atom is -0.493 e. The summed E-state index contributed by atoms with van der Waals surface area (Å²) in [4.78, 5) is 2.60. The first-order valence-electron chi connectivity index (χ1n) is 8.76. The number of unbranched alkanes of at least 4 members (excludes halogenated alkanes) is 1. The lowest BCUT2D eigenvalue weighted by Crippen LogP contribution is -2.35. The van der Waals surface area contributed by atoms with Crippen molar-refractivity contribution in [3.05, 3.63) is 41.4 Å². The van der Waals surface area contributed by atoms with Gasteiger partial charge in [-0.3, -0.25) is 0 Å². The highest BCUT2D eigenvalue weighted by molar-refractivity contribution is 6.35. The van der Waals surface area contributed by atoms with Gasteiger partial charge in [-0.25, -0.2) is 0 Å². The largest absolute Gasteiger partial charge is 0.493 e. The molecule has 0 spiro atoms. The van der Waals surface area contributed by atoms with Crippen molar-refractivity contribution in [1.29, 1.82) is 0 Å². The summed E-state index contributed by atoms with van der Waals surface area (Å²) in [5.74, 6) is 1.80. The summed E-state index contributed by atoms with van der Waals surface area (Å²) in [7, 11) is 0. The molecule has 2 aromatic carbocycles. The van der Waals surface area contributed by atoms with E-state index in [1.807, 2.05) is 30.3 Å². The Labute approximate surface area is 144 Å². The maximum atomic E-state index is 6.25. The molecule has 1 fully saturated rings. The summed E-state index contributed by atoms with van der Waals surface area (Å²) in [6.07, 6.45) is 5.05. The number of nitrogens with zero attached hydrogens (tertiary/aromatic N) is 1. The molecule has 2 aromatic rings. The summed E-state index contributed by atoms with van der Waals surface area (Å²) < 4.78 is 6.01. The van der Waals surface area contributed by atoms with E-state index in [0.29, 0.717) is 0 Å². The lowest BCUT2D eigenvalue weighted by atomic mass is 10.0.